The molecular weight excluding hydrogens is 250 g/mol. The number of aromatic nitrogens is 1. The second-order valence-electron chi connectivity index (χ2n) is 5.42. The largest absolute Gasteiger partial charge is 0.380 e. The third kappa shape index (κ3) is 3.33. The minimum absolute atomic E-state index is 0.0497. The van der Waals surface area contributed by atoms with Crippen LogP contribution in [0.2, 0.25) is 0 Å². The topological polar surface area (TPSA) is 60.2 Å². The number of methoxy groups -OCH3 is 1. The van der Waals surface area contributed by atoms with E-state index in [-0.39, 0.29) is 12.1 Å². The van der Waals surface area contributed by atoms with E-state index in [1.807, 2.05) is 18.2 Å². The molecule has 0 radical (unpaired) electrons. The lowest BCUT2D eigenvalue weighted by atomic mass is 9.96. The van der Waals surface area contributed by atoms with E-state index in [9.17, 15) is 0 Å². The fourth-order valence-corrected chi connectivity index (χ4v) is 2.62. The Morgan fingerprint density at radius 3 is 2.60 bits per heavy atom. The van der Waals surface area contributed by atoms with Crippen LogP contribution in [0.5, 0.6) is 0 Å². The van der Waals surface area contributed by atoms with E-state index < -0.39 is 0 Å². The molecule has 0 aliphatic carbocycles. The van der Waals surface area contributed by atoms with Crippen molar-refractivity contribution in [2.45, 2.75) is 32.4 Å². The van der Waals surface area contributed by atoms with Crippen molar-refractivity contribution < 1.29 is 4.74 Å². The summed E-state index contributed by atoms with van der Waals surface area (Å²) in [6.45, 7) is 4.26. The van der Waals surface area contributed by atoms with Crippen molar-refractivity contribution in [3.63, 3.8) is 0 Å². The van der Waals surface area contributed by atoms with Crippen LogP contribution in [0.3, 0.4) is 0 Å². The number of fused-ring (bicyclic) bond motifs is 1. The number of hydrogen-bond acceptors (Lipinski definition) is 4. The van der Waals surface area contributed by atoms with Gasteiger partial charge in [0.1, 0.15) is 0 Å². The van der Waals surface area contributed by atoms with Crippen molar-refractivity contribution in [2.75, 3.05) is 7.11 Å². The van der Waals surface area contributed by atoms with Gasteiger partial charge >= 0.3 is 0 Å². The fraction of sp³-hybridized carbons (Fsp3) is 0.438. The molecule has 0 saturated carbocycles. The predicted octanol–water partition coefficient (Wildman–Crippen LogP) is 2.28. The van der Waals surface area contributed by atoms with Crippen LogP contribution in [0.25, 0.3) is 10.9 Å². The Morgan fingerprint density at radius 1 is 1.20 bits per heavy atom. The van der Waals surface area contributed by atoms with Crippen LogP contribution < -0.4 is 11.3 Å². The first-order valence-electron chi connectivity index (χ1n) is 6.99. The van der Waals surface area contributed by atoms with Gasteiger partial charge < -0.3 is 4.74 Å². The number of ether oxygens (including phenoxy) is 1. The third-order valence-corrected chi connectivity index (χ3v) is 3.63. The quantitative estimate of drug-likeness (QED) is 0.626. The molecule has 0 bridgehead atoms. The van der Waals surface area contributed by atoms with Gasteiger partial charge in [0.25, 0.3) is 0 Å². The molecular formula is C16H23N3O. The Morgan fingerprint density at radius 2 is 1.95 bits per heavy atom. The second-order valence-corrected chi connectivity index (χ2v) is 5.42. The van der Waals surface area contributed by atoms with E-state index in [1.54, 1.807) is 7.11 Å². The fourth-order valence-electron chi connectivity index (χ4n) is 2.62. The molecule has 0 saturated heterocycles. The number of hydrogen-bond donors (Lipinski definition) is 2. The number of para-hydroxylation sites is 1. The number of nitrogens with one attached hydrogen (secondary N) is 1. The Kier molecular flexibility index (Phi) is 5.06. The number of nitrogens with zero attached hydrogens (tertiary/aromatic N) is 1. The lowest BCUT2D eigenvalue weighted by molar-refractivity contribution is 0.0330. The lowest BCUT2D eigenvalue weighted by Crippen LogP contribution is -2.48. The van der Waals surface area contributed by atoms with Gasteiger partial charge in [-0.2, -0.15) is 0 Å². The zero-order chi connectivity index (χ0) is 14.5. The molecule has 1 aromatic carbocycles. The zero-order valence-corrected chi connectivity index (χ0v) is 12.3. The van der Waals surface area contributed by atoms with Gasteiger partial charge in [0.2, 0.25) is 0 Å². The molecule has 0 aliphatic rings. The molecule has 2 aromatic rings. The van der Waals surface area contributed by atoms with Gasteiger partial charge in [-0.3, -0.25) is 16.3 Å². The third-order valence-electron chi connectivity index (χ3n) is 3.63. The minimum atomic E-state index is 0.0497. The highest BCUT2D eigenvalue weighted by atomic mass is 16.5. The van der Waals surface area contributed by atoms with Crippen LogP contribution in [-0.2, 0) is 11.2 Å². The van der Waals surface area contributed by atoms with E-state index in [0.29, 0.717) is 5.92 Å². The van der Waals surface area contributed by atoms with Crippen molar-refractivity contribution in [2.24, 2.45) is 11.8 Å². The summed E-state index contributed by atoms with van der Waals surface area (Å²) in [6, 6.07) is 12.3. The Bertz CT molecular complexity index is 556. The maximum absolute atomic E-state index is 5.69. The first-order valence-corrected chi connectivity index (χ1v) is 6.99. The van der Waals surface area contributed by atoms with Crippen LogP contribution in [0, 0.1) is 5.92 Å². The average Bonchev–Trinajstić information content (AvgIpc) is 2.46. The van der Waals surface area contributed by atoms with Gasteiger partial charge in [-0.05, 0) is 18.1 Å². The van der Waals surface area contributed by atoms with Crippen molar-refractivity contribution in [3.05, 3.63) is 42.1 Å². The van der Waals surface area contributed by atoms with E-state index in [4.69, 9.17) is 10.6 Å². The first kappa shape index (κ1) is 14.9. The molecule has 4 nitrogen and oxygen atoms in total. The summed E-state index contributed by atoms with van der Waals surface area (Å²) < 4.78 is 5.55. The molecule has 20 heavy (non-hydrogen) atoms. The van der Waals surface area contributed by atoms with Crippen LogP contribution in [-0.4, -0.2) is 24.2 Å². The first-order chi connectivity index (χ1) is 9.65. The van der Waals surface area contributed by atoms with E-state index >= 15 is 0 Å². The molecule has 1 aromatic heterocycles. The molecule has 0 aliphatic heterocycles. The number of rotatable bonds is 6. The number of hydrazine groups is 1. The standard InChI is InChI=1S/C16H23N3O/c1-11(2)16(20-3)15(19-17)10-13-9-8-12-6-4-5-7-14(12)18-13/h4-9,11,15-16,19H,10,17H2,1-3H3. The number of benzene rings is 1. The maximum Gasteiger partial charge on any atom is 0.0764 e. The highest BCUT2D eigenvalue weighted by Gasteiger charge is 2.24. The highest BCUT2D eigenvalue weighted by molar-refractivity contribution is 5.78. The van der Waals surface area contributed by atoms with Gasteiger partial charge in [0.05, 0.1) is 17.7 Å². The summed E-state index contributed by atoms with van der Waals surface area (Å²) in [5.41, 5.74) is 4.90. The lowest BCUT2D eigenvalue weighted by Gasteiger charge is -2.28. The summed E-state index contributed by atoms with van der Waals surface area (Å²) in [5.74, 6) is 6.08. The minimum Gasteiger partial charge on any atom is -0.380 e. The number of nitrogens with two attached hydrogens (primary N) is 1. The molecule has 2 atom stereocenters. The molecule has 2 rings (SSSR count). The zero-order valence-electron chi connectivity index (χ0n) is 12.3. The highest BCUT2D eigenvalue weighted by Crippen LogP contribution is 2.16. The molecule has 0 amide bonds. The van der Waals surface area contributed by atoms with Gasteiger partial charge in [0, 0.05) is 24.6 Å². The van der Waals surface area contributed by atoms with E-state index in [2.05, 4.69) is 42.5 Å². The second kappa shape index (κ2) is 6.79. The molecule has 4 heteroatoms. The van der Waals surface area contributed by atoms with E-state index in [1.165, 1.54) is 0 Å². The molecule has 108 valence electrons. The average molecular weight is 273 g/mol. The Hall–Kier alpha value is -1.49. The van der Waals surface area contributed by atoms with Crippen molar-refractivity contribution >= 4 is 10.9 Å². The van der Waals surface area contributed by atoms with E-state index in [0.717, 1.165) is 23.0 Å². The monoisotopic (exact) mass is 273 g/mol. The molecule has 0 spiro atoms. The van der Waals surface area contributed by atoms with Gasteiger partial charge in [-0.15, -0.1) is 0 Å². The summed E-state index contributed by atoms with van der Waals surface area (Å²) in [6.07, 6.45) is 0.811. The SMILES string of the molecule is COC(C(C)C)C(Cc1ccc2ccccc2n1)NN. The predicted molar refractivity (Wildman–Crippen MR) is 82.2 cm³/mol. The van der Waals surface area contributed by atoms with Crippen LogP contribution in [0.4, 0.5) is 0 Å². The van der Waals surface area contributed by atoms with Crippen LogP contribution in [0.1, 0.15) is 19.5 Å². The van der Waals surface area contributed by atoms with Crippen molar-refractivity contribution in [3.8, 4) is 0 Å². The van der Waals surface area contributed by atoms with Crippen molar-refractivity contribution in [1.29, 1.82) is 0 Å². The normalized spacial score (nSPS) is 14.7. The smallest absolute Gasteiger partial charge is 0.0764 e. The molecule has 1 heterocycles. The van der Waals surface area contributed by atoms with Gasteiger partial charge in [-0.25, -0.2) is 0 Å². The molecule has 2 unspecified atom stereocenters. The Balaban J connectivity index is 2.20. The van der Waals surface area contributed by atoms with Gasteiger partial charge in [-0.1, -0.05) is 38.1 Å². The number of pyridine rings is 1. The van der Waals surface area contributed by atoms with Crippen LogP contribution >= 0.6 is 0 Å². The summed E-state index contributed by atoms with van der Waals surface area (Å²) in [4.78, 5) is 4.69. The summed E-state index contributed by atoms with van der Waals surface area (Å²) >= 11 is 0. The van der Waals surface area contributed by atoms with Crippen molar-refractivity contribution in [1.82, 2.24) is 10.4 Å². The van der Waals surface area contributed by atoms with Gasteiger partial charge in [0.15, 0.2) is 0 Å². The summed E-state index contributed by atoms with van der Waals surface area (Å²) in [5, 5.41) is 1.15. The summed E-state index contributed by atoms with van der Waals surface area (Å²) in [7, 11) is 1.73. The molecule has 0 fully saturated rings. The molecule has 3 N–H and O–H groups in total. The Labute approximate surface area is 120 Å². The van der Waals surface area contributed by atoms with Crippen LogP contribution in [0.15, 0.2) is 36.4 Å². The maximum atomic E-state index is 5.69.